The van der Waals surface area contributed by atoms with Gasteiger partial charge >= 0.3 is 0 Å². The molecule has 1 aromatic carbocycles. The van der Waals surface area contributed by atoms with Gasteiger partial charge in [-0.05, 0) is 18.1 Å². The van der Waals surface area contributed by atoms with Gasteiger partial charge in [-0.25, -0.2) is 0 Å². The minimum absolute atomic E-state index is 0.594. The first-order chi connectivity index (χ1) is 5.25. The second kappa shape index (κ2) is 3.35. The average Bonchev–Trinajstić information content (AvgIpc) is 2.04. The van der Waals surface area contributed by atoms with E-state index < -0.39 is 6.10 Å². The third-order valence-electron chi connectivity index (χ3n) is 1.60. The zero-order valence-electron chi connectivity index (χ0n) is 6.33. The lowest BCUT2D eigenvalue weighted by atomic mass is 10.0. The molecule has 1 heteroatoms. The van der Waals surface area contributed by atoms with Crippen molar-refractivity contribution in [3.63, 3.8) is 0 Å². The first-order valence-electron chi connectivity index (χ1n) is 3.47. The fraction of sp³-hybridized carbons (Fsp3) is 0.100. The number of benzene rings is 1. The predicted octanol–water partition coefficient (Wildman–Crippen LogP) is 2.09. The normalized spacial score (nSPS) is 12.5. The highest BCUT2D eigenvalue weighted by atomic mass is 16.3. The minimum Gasteiger partial charge on any atom is -0.384 e. The molecule has 1 aromatic rings. The van der Waals surface area contributed by atoms with Crippen molar-refractivity contribution in [3.05, 3.63) is 55.0 Å². The van der Waals surface area contributed by atoms with Crippen molar-refractivity contribution in [2.75, 3.05) is 0 Å². The Morgan fingerprint density at radius 3 is 2.55 bits per heavy atom. The van der Waals surface area contributed by atoms with Gasteiger partial charge in [-0.3, -0.25) is 0 Å². The van der Waals surface area contributed by atoms with Gasteiger partial charge < -0.3 is 5.11 Å². The standard InChI is InChI=1S/C10H11O/c1-3-10(11)9-7-5-4-6-8(9)2/h3-7,10-11H,1-2H2. The molecule has 0 aromatic heterocycles. The number of hydrogen-bond acceptors (Lipinski definition) is 1. The van der Waals surface area contributed by atoms with Crippen LogP contribution in [0.25, 0.3) is 0 Å². The largest absolute Gasteiger partial charge is 0.384 e. The van der Waals surface area contributed by atoms with Crippen LogP contribution in [0.2, 0.25) is 0 Å². The van der Waals surface area contributed by atoms with Gasteiger partial charge in [0.1, 0.15) is 0 Å². The summed E-state index contributed by atoms with van der Waals surface area (Å²) in [7, 11) is 0. The van der Waals surface area contributed by atoms with E-state index in [2.05, 4.69) is 13.5 Å². The van der Waals surface area contributed by atoms with Crippen LogP contribution >= 0.6 is 0 Å². The van der Waals surface area contributed by atoms with Crippen LogP contribution in [0.4, 0.5) is 0 Å². The Morgan fingerprint density at radius 1 is 1.36 bits per heavy atom. The summed E-state index contributed by atoms with van der Waals surface area (Å²) in [5.74, 6) is 0. The van der Waals surface area contributed by atoms with E-state index in [1.165, 1.54) is 6.08 Å². The smallest absolute Gasteiger partial charge is 0.0971 e. The minimum atomic E-state index is -0.594. The molecule has 0 fully saturated rings. The first-order valence-corrected chi connectivity index (χ1v) is 3.47. The molecule has 11 heavy (non-hydrogen) atoms. The molecule has 1 nitrogen and oxygen atoms in total. The van der Waals surface area contributed by atoms with Gasteiger partial charge in [0.05, 0.1) is 6.10 Å². The number of hydrogen-bond donors (Lipinski definition) is 1. The topological polar surface area (TPSA) is 20.2 Å². The zero-order chi connectivity index (χ0) is 8.27. The molecule has 0 saturated heterocycles. The van der Waals surface area contributed by atoms with Crippen molar-refractivity contribution in [2.45, 2.75) is 6.10 Å². The average molecular weight is 147 g/mol. The highest BCUT2D eigenvalue weighted by Gasteiger charge is 2.03. The lowest BCUT2D eigenvalue weighted by Gasteiger charge is -2.07. The Morgan fingerprint density at radius 2 is 2.00 bits per heavy atom. The quantitative estimate of drug-likeness (QED) is 0.635. The molecule has 57 valence electrons. The summed E-state index contributed by atoms with van der Waals surface area (Å²) in [6.45, 7) is 7.28. The van der Waals surface area contributed by atoms with Crippen molar-refractivity contribution in [1.82, 2.24) is 0 Å². The molecule has 1 rings (SSSR count). The van der Waals surface area contributed by atoms with Gasteiger partial charge in [0.2, 0.25) is 0 Å². The van der Waals surface area contributed by atoms with Gasteiger partial charge in [0, 0.05) is 0 Å². The SMILES string of the molecule is [CH2]c1ccccc1C(O)C=C. The van der Waals surface area contributed by atoms with Gasteiger partial charge in [-0.15, -0.1) is 6.58 Å². The van der Waals surface area contributed by atoms with E-state index in [1.807, 2.05) is 24.3 Å². The van der Waals surface area contributed by atoms with Crippen molar-refractivity contribution in [3.8, 4) is 0 Å². The number of rotatable bonds is 2. The zero-order valence-corrected chi connectivity index (χ0v) is 6.33. The summed E-state index contributed by atoms with van der Waals surface area (Å²) in [4.78, 5) is 0. The molecule has 0 aliphatic rings. The Labute approximate surface area is 67.0 Å². The third kappa shape index (κ3) is 1.69. The maximum absolute atomic E-state index is 9.35. The van der Waals surface area contributed by atoms with Crippen molar-refractivity contribution >= 4 is 0 Å². The van der Waals surface area contributed by atoms with Crippen LogP contribution in [0.15, 0.2) is 36.9 Å². The second-order valence-corrected chi connectivity index (χ2v) is 2.38. The predicted molar refractivity (Wildman–Crippen MR) is 46.1 cm³/mol. The lowest BCUT2D eigenvalue weighted by Crippen LogP contribution is -1.94. The van der Waals surface area contributed by atoms with Crippen LogP contribution in [-0.4, -0.2) is 5.11 Å². The maximum atomic E-state index is 9.35. The Bertz CT molecular complexity index is 253. The van der Waals surface area contributed by atoms with E-state index in [-0.39, 0.29) is 0 Å². The monoisotopic (exact) mass is 147 g/mol. The van der Waals surface area contributed by atoms with Crippen LogP contribution in [0.5, 0.6) is 0 Å². The van der Waals surface area contributed by atoms with Crippen LogP contribution in [0.3, 0.4) is 0 Å². The molecule has 0 bridgehead atoms. The summed E-state index contributed by atoms with van der Waals surface area (Å²) < 4.78 is 0. The van der Waals surface area contributed by atoms with Crippen molar-refractivity contribution in [1.29, 1.82) is 0 Å². The summed E-state index contributed by atoms with van der Waals surface area (Å²) in [5.41, 5.74) is 1.67. The molecule has 0 heterocycles. The molecule has 1 N–H and O–H groups in total. The van der Waals surface area contributed by atoms with E-state index in [4.69, 9.17) is 0 Å². The molecule has 1 radical (unpaired) electrons. The first kappa shape index (κ1) is 8.02. The molecule has 0 amide bonds. The Balaban J connectivity index is 3.02. The summed E-state index contributed by atoms with van der Waals surface area (Å²) >= 11 is 0. The molecule has 0 spiro atoms. The van der Waals surface area contributed by atoms with Gasteiger partial charge in [-0.1, -0.05) is 30.3 Å². The van der Waals surface area contributed by atoms with Crippen LogP contribution in [0, 0.1) is 6.92 Å². The maximum Gasteiger partial charge on any atom is 0.0971 e. The Hall–Kier alpha value is -1.08. The van der Waals surface area contributed by atoms with Gasteiger partial charge in [-0.2, -0.15) is 0 Å². The van der Waals surface area contributed by atoms with E-state index >= 15 is 0 Å². The van der Waals surface area contributed by atoms with Gasteiger partial charge in [0.25, 0.3) is 0 Å². The highest BCUT2D eigenvalue weighted by Crippen LogP contribution is 2.16. The summed E-state index contributed by atoms with van der Waals surface area (Å²) in [6.07, 6.45) is 0.896. The van der Waals surface area contributed by atoms with Crippen LogP contribution in [-0.2, 0) is 0 Å². The second-order valence-electron chi connectivity index (χ2n) is 2.38. The molecule has 1 atom stereocenters. The molecule has 1 unspecified atom stereocenters. The fourth-order valence-electron chi connectivity index (χ4n) is 0.950. The lowest BCUT2D eigenvalue weighted by molar-refractivity contribution is 0.228. The van der Waals surface area contributed by atoms with Gasteiger partial charge in [0.15, 0.2) is 0 Å². The van der Waals surface area contributed by atoms with Crippen LogP contribution in [0.1, 0.15) is 17.2 Å². The summed E-state index contributed by atoms with van der Waals surface area (Å²) in [5, 5.41) is 9.35. The molecule has 0 aliphatic carbocycles. The fourth-order valence-corrected chi connectivity index (χ4v) is 0.950. The van der Waals surface area contributed by atoms with E-state index in [9.17, 15) is 5.11 Å². The molecular formula is C10H11O. The molecule has 0 aliphatic heterocycles. The summed E-state index contributed by atoms with van der Waals surface area (Å²) in [6, 6.07) is 7.47. The van der Waals surface area contributed by atoms with Crippen molar-refractivity contribution < 1.29 is 5.11 Å². The molecular weight excluding hydrogens is 136 g/mol. The van der Waals surface area contributed by atoms with E-state index in [1.54, 1.807) is 0 Å². The van der Waals surface area contributed by atoms with Crippen molar-refractivity contribution in [2.24, 2.45) is 0 Å². The van der Waals surface area contributed by atoms with E-state index in [0.29, 0.717) is 0 Å². The number of aliphatic hydroxyl groups excluding tert-OH is 1. The Kier molecular flexibility index (Phi) is 2.44. The van der Waals surface area contributed by atoms with E-state index in [0.717, 1.165) is 11.1 Å². The molecule has 0 saturated carbocycles. The third-order valence-corrected chi connectivity index (χ3v) is 1.60. The number of aliphatic hydroxyl groups is 1. The van der Waals surface area contributed by atoms with Crippen LogP contribution < -0.4 is 0 Å². The highest BCUT2D eigenvalue weighted by molar-refractivity contribution is 5.32.